The molecule has 3 fully saturated rings. The highest BCUT2D eigenvalue weighted by Gasteiger charge is 2.31. The van der Waals surface area contributed by atoms with Crippen LogP contribution in [0.5, 0.6) is 0 Å². The molecular formula is C22H34N4O2. The first-order valence-corrected chi connectivity index (χ1v) is 10.9. The summed E-state index contributed by atoms with van der Waals surface area (Å²) in [6, 6.07) is 11.4. The standard InChI is InChI=1S/C22H34N4O2/c27-22(26-12-4-11-25(13-14-26)20-8-9-20)23-16-21-18-24(10-5-15-28-21)17-19-6-2-1-3-7-19/h1-3,6-7,20-21H,4-5,8-18H2,(H,23,27). The first kappa shape index (κ1) is 19.7. The number of carbonyl (C=O) groups excluding carboxylic acids is 1. The third-order valence-electron chi connectivity index (χ3n) is 6.05. The van der Waals surface area contributed by atoms with Crippen molar-refractivity contribution in [3.05, 3.63) is 35.9 Å². The molecule has 4 rings (SSSR count). The van der Waals surface area contributed by atoms with Crippen LogP contribution in [0.15, 0.2) is 30.3 Å². The maximum atomic E-state index is 12.7. The van der Waals surface area contributed by atoms with E-state index in [4.69, 9.17) is 4.74 Å². The van der Waals surface area contributed by atoms with Crippen molar-refractivity contribution >= 4 is 6.03 Å². The number of carbonyl (C=O) groups is 1. The molecular weight excluding hydrogens is 352 g/mol. The van der Waals surface area contributed by atoms with Crippen LogP contribution in [-0.2, 0) is 11.3 Å². The van der Waals surface area contributed by atoms with Crippen molar-refractivity contribution in [3.8, 4) is 0 Å². The highest BCUT2D eigenvalue weighted by atomic mass is 16.5. The fourth-order valence-electron chi connectivity index (χ4n) is 4.34. The molecule has 0 bridgehead atoms. The summed E-state index contributed by atoms with van der Waals surface area (Å²) < 4.78 is 6.01. The number of hydrogen-bond donors (Lipinski definition) is 1. The Kier molecular flexibility index (Phi) is 6.83. The molecule has 0 radical (unpaired) electrons. The molecule has 1 aliphatic carbocycles. The van der Waals surface area contributed by atoms with Gasteiger partial charge in [0.15, 0.2) is 0 Å². The minimum absolute atomic E-state index is 0.0603. The minimum Gasteiger partial charge on any atom is -0.375 e. The lowest BCUT2D eigenvalue weighted by molar-refractivity contribution is 0.0540. The van der Waals surface area contributed by atoms with Gasteiger partial charge in [0.05, 0.1) is 6.10 Å². The van der Waals surface area contributed by atoms with Crippen molar-refractivity contribution in [1.82, 2.24) is 20.0 Å². The van der Waals surface area contributed by atoms with Crippen molar-refractivity contribution < 1.29 is 9.53 Å². The molecule has 6 nitrogen and oxygen atoms in total. The van der Waals surface area contributed by atoms with Gasteiger partial charge in [-0.1, -0.05) is 30.3 Å². The molecule has 1 atom stereocenters. The number of benzene rings is 1. The number of urea groups is 1. The predicted molar refractivity (Wildman–Crippen MR) is 110 cm³/mol. The largest absolute Gasteiger partial charge is 0.375 e. The lowest BCUT2D eigenvalue weighted by Gasteiger charge is -2.26. The van der Waals surface area contributed by atoms with Gasteiger partial charge >= 0.3 is 6.03 Å². The Labute approximate surface area is 168 Å². The van der Waals surface area contributed by atoms with Gasteiger partial charge in [-0.05, 0) is 31.2 Å². The van der Waals surface area contributed by atoms with E-state index < -0.39 is 0 Å². The summed E-state index contributed by atoms with van der Waals surface area (Å²) in [5.74, 6) is 0. The van der Waals surface area contributed by atoms with Gasteiger partial charge in [-0.25, -0.2) is 4.79 Å². The molecule has 0 aromatic heterocycles. The quantitative estimate of drug-likeness (QED) is 0.843. The molecule has 1 aromatic carbocycles. The van der Waals surface area contributed by atoms with E-state index in [9.17, 15) is 4.79 Å². The number of rotatable bonds is 5. The maximum Gasteiger partial charge on any atom is 0.317 e. The molecule has 1 N–H and O–H groups in total. The Morgan fingerprint density at radius 1 is 1.04 bits per heavy atom. The minimum atomic E-state index is 0.0603. The van der Waals surface area contributed by atoms with Crippen LogP contribution in [0.25, 0.3) is 0 Å². The zero-order chi connectivity index (χ0) is 19.2. The van der Waals surface area contributed by atoms with Crippen molar-refractivity contribution in [2.45, 2.75) is 44.4 Å². The third-order valence-corrected chi connectivity index (χ3v) is 6.05. The molecule has 2 amide bonds. The van der Waals surface area contributed by atoms with Crippen LogP contribution in [-0.4, -0.2) is 85.3 Å². The zero-order valence-electron chi connectivity index (χ0n) is 16.9. The van der Waals surface area contributed by atoms with Gasteiger partial charge in [-0.15, -0.1) is 0 Å². The van der Waals surface area contributed by atoms with E-state index in [-0.39, 0.29) is 12.1 Å². The predicted octanol–water partition coefficient (Wildman–Crippen LogP) is 2.16. The summed E-state index contributed by atoms with van der Waals surface area (Å²) in [5.41, 5.74) is 1.33. The van der Waals surface area contributed by atoms with Crippen LogP contribution < -0.4 is 5.32 Å². The van der Waals surface area contributed by atoms with Crippen LogP contribution in [0.4, 0.5) is 4.79 Å². The number of ether oxygens (including phenoxy) is 1. The number of nitrogens with zero attached hydrogens (tertiary/aromatic N) is 3. The summed E-state index contributed by atoms with van der Waals surface area (Å²) in [7, 11) is 0. The Hall–Kier alpha value is -1.63. The second kappa shape index (κ2) is 9.72. The molecule has 0 spiro atoms. The van der Waals surface area contributed by atoms with Crippen LogP contribution in [0.2, 0.25) is 0 Å². The van der Waals surface area contributed by atoms with Crippen molar-refractivity contribution in [2.75, 3.05) is 52.4 Å². The fourth-order valence-corrected chi connectivity index (χ4v) is 4.34. The Morgan fingerprint density at radius 2 is 1.89 bits per heavy atom. The van der Waals surface area contributed by atoms with Crippen LogP contribution in [0.1, 0.15) is 31.2 Å². The lowest BCUT2D eigenvalue weighted by Crippen LogP contribution is -2.46. The molecule has 2 heterocycles. The maximum absolute atomic E-state index is 12.7. The van der Waals surface area contributed by atoms with Gasteiger partial charge in [0.25, 0.3) is 0 Å². The van der Waals surface area contributed by atoms with Crippen molar-refractivity contribution in [1.29, 1.82) is 0 Å². The average molecular weight is 387 g/mol. The van der Waals surface area contributed by atoms with E-state index in [1.807, 2.05) is 4.90 Å². The topological polar surface area (TPSA) is 48.1 Å². The summed E-state index contributed by atoms with van der Waals surface area (Å²) in [6.07, 6.45) is 4.86. The Bertz CT molecular complexity index is 622. The van der Waals surface area contributed by atoms with Gasteiger partial charge in [0.2, 0.25) is 0 Å². The number of hydrogen-bond acceptors (Lipinski definition) is 4. The van der Waals surface area contributed by atoms with E-state index in [2.05, 4.69) is 45.4 Å². The molecule has 3 aliphatic rings. The lowest BCUT2D eigenvalue weighted by atomic mass is 10.2. The molecule has 154 valence electrons. The summed E-state index contributed by atoms with van der Waals surface area (Å²) in [6.45, 7) is 8.07. The first-order chi connectivity index (χ1) is 13.8. The monoisotopic (exact) mass is 386 g/mol. The molecule has 1 unspecified atom stereocenters. The molecule has 2 aliphatic heterocycles. The summed E-state index contributed by atoms with van der Waals surface area (Å²) in [4.78, 5) is 19.7. The van der Waals surface area contributed by atoms with Gasteiger partial charge in [0.1, 0.15) is 0 Å². The SMILES string of the molecule is O=C(NCC1CN(Cc2ccccc2)CCCO1)N1CCCN(C2CC2)CC1. The second-order valence-corrected chi connectivity index (χ2v) is 8.36. The summed E-state index contributed by atoms with van der Waals surface area (Å²) >= 11 is 0. The third kappa shape index (κ3) is 5.69. The van der Waals surface area contributed by atoms with E-state index in [0.29, 0.717) is 6.54 Å². The average Bonchev–Trinajstić information content (AvgIpc) is 3.55. The first-order valence-electron chi connectivity index (χ1n) is 10.9. The fraction of sp³-hybridized carbons (Fsp3) is 0.682. The van der Waals surface area contributed by atoms with Crippen LogP contribution in [0, 0.1) is 0 Å². The van der Waals surface area contributed by atoms with Gasteiger partial charge in [-0.2, -0.15) is 0 Å². The highest BCUT2D eigenvalue weighted by molar-refractivity contribution is 5.74. The van der Waals surface area contributed by atoms with Crippen LogP contribution in [0.3, 0.4) is 0 Å². The van der Waals surface area contributed by atoms with Crippen LogP contribution >= 0.6 is 0 Å². The number of nitrogens with one attached hydrogen (secondary N) is 1. The Morgan fingerprint density at radius 3 is 2.71 bits per heavy atom. The zero-order valence-corrected chi connectivity index (χ0v) is 16.9. The molecule has 1 aromatic rings. The van der Waals surface area contributed by atoms with Gasteiger partial charge in [-0.3, -0.25) is 9.80 Å². The smallest absolute Gasteiger partial charge is 0.317 e. The normalized spacial score (nSPS) is 25.1. The molecule has 6 heteroatoms. The van der Waals surface area contributed by atoms with E-state index >= 15 is 0 Å². The van der Waals surface area contributed by atoms with E-state index in [0.717, 1.165) is 71.3 Å². The molecule has 1 saturated carbocycles. The number of amides is 2. The van der Waals surface area contributed by atoms with Gasteiger partial charge in [0, 0.05) is 65.0 Å². The second-order valence-electron chi connectivity index (χ2n) is 8.36. The summed E-state index contributed by atoms with van der Waals surface area (Å²) in [5, 5.41) is 3.14. The Balaban J connectivity index is 1.23. The molecule has 28 heavy (non-hydrogen) atoms. The van der Waals surface area contributed by atoms with Gasteiger partial charge < -0.3 is 15.0 Å². The molecule has 2 saturated heterocycles. The highest BCUT2D eigenvalue weighted by Crippen LogP contribution is 2.27. The van der Waals surface area contributed by atoms with Crippen molar-refractivity contribution in [3.63, 3.8) is 0 Å². The van der Waals surface area contributed by atoms with E-state index in [1.54, 1.807) is 0 Å². The van der Waals surface area contributed by atoms with E-state index in [1.165, 1.54) is 18.4 Å². The van der Waals surface area contributed by atoms with Crippen molar-refractivity contribution in [2.24, 2.45) is 0 Å².